The molecule has 2 heterocycles. The summed E-state index contributed by atoms with van der Waals surface area (Å²) < 4.78 is 0. The summed E-state index contributed by atoms with van der Waals surface area (Å²) in [5.74, 6) is 0. The summed E-state index contributed by atoms with van der Waals surface area (Å²) in [5, 5.41) is 0.959. The molecule has 82 valence electrons. The molecule has 0 unspecified atom stereocenters. The molecule has 1 N–H and O–H groups in total. The van der Waals surface area contributed by atoms with Gasteiger partial charge in [-0.1, -0.05) is 23.4 Å². The smallest absolute Gasteiger partial charge is 0.252 e. The average Bonchev–Trinajstić information content (AvgIpc) is 2.28. The average molecular weight is 254 g/mol. The Hall–Kier alpha value is -1.33. The Labute approximate surface area is 101 Å². The maximum atomic E-state index is 11.4. The molecule has 16 heavy (non-hydrogen) atoms. The molecule has 4 nitrogen and oxygen atoms in total. The molecule has 6 heteroatoms. The predicted molar refractivity (Wildman–Crippen MR) is 64.9 cm³/mol. The fourth-order valence-electron chi connectivity index (χ4n) is 1.24. The highest BCUT2D eigenvalue weighted by Gasteiger charge is 2.04. The molecule has 2 aromatic heterocycles. The fraction of sp³-hybridized carbons (Fsp3) is 0.100. The Balaban J connectivity index is 2.55. The van der Waals surface area contributed by atoms with Crippen molar-refractivity contribution in [3.8, 4) is 11.3 Å². The number of aromatic amines is 1. The molecule has 0 fully saturated rings. The zero-order valence-electron chi connectivity index (χ0n) is 8.40. The number of hydrogen-bond donors (Lipinski definition) is 1. The normalized spacial score (nSPS) is 10.4. The molecule has 0 radical (unpaired) electrons. The van der Waals surface area contributed by atoms with Crippen molar-refractivity contribution in [2.75, 3.05) is 6.26 Å². The van der Waals surface area contributed by atoms with Crippen LogP contribution < -0.4 is 5.56 Å². The van der Waals surface area contributed by atoms with Crippen molar-refractivity contribution >= 4 is 23.4 Å². The molecule has 0 aromatic carbocycles. The minimum atomic E-state index is -0.178. The van der Waals surface area contributed by atoms with Crippen molar-refractivity contribution in [3.05, 3.63) is 39.9 Å². The molecule has 0 aliphatic rings. The largest absolute Gasteiger partial charge is 0.301 e. The maximum absolute atomic E-state index is 11.4. The first-order valence-electron chi connectivity index (χ1n) is 4.46. The minimum Gasteiger partial charge on any atom is -0.301 e. The van der Waals surface area contributed by atoms with Gasteiger partial charge in [-0.3, -0.25) is 4.79 Å². The van der Waals surface area contributed by atoms with Crippen LogP contribution in [0.1, 0.15) is 0 Å². The highest BCUT2D eigenvalue weighted by Crippen LogP contribution is 2.19. The van der Waals surface area contributed by atoms with E-state index < -0.39 is 0 Å². The van der Waals surface area contributed by atoms with E-state index in [1.165, 1.54) is 17.8 Å². The number of rotatable bonds is 2. The van der Waals surface area contributed by atoms with Crippen LogP contribution in [0.25, 0.3) is 11.3 Å². The summed E-state index contributed by atoms with van der Waals surface area (Å²) in [5.41, 5.74) is 1.20. The van der Waals surface area contributed by atoms with Gasteiger partial charge in [0.05, 0.1) is 5.69 Å². The molecule has 0 aliphatic carbocycles. The topological polar surface area (TPSA) is 58.6 Å². The Morgan fingerprint density at radius 2 is 2.25 bits per heavy atom. The summed E-state index contributed by atoms with van der Waals surface area (Å²) in [4.78, 5) is 22.2. The van der Waals surface area contributed by atoms with Crippen molar-refractivity contribution in [1.82, 2.24) is 15.0 Å². The van der Waals surface area contributed by atoms with Crippen molar-refractivity contribution in [3.63, 3.8) is 0 Å². The Morgan fingerprint density at radius 1 is 1.44 bits per heavy atom. The SMILES string of the molecule is CSc1nc(-c2ccnc(Cl)c2)cc(=O)[nH]1. The monoisotopic (exact) mass is 253 g/mol. The van der Waals surface area contributed by atoms with Crippen molar-refractivity contribution in [2.24, 2.45) is 0 Å². The van der Waals surface area contributed by atoms with Gasteiger partial charge < -0.3 is 4.98 Å². The van der Waals surface area contributed by atoms with E-state index in [-0.39, 0.29) is 5.56 Å². The van der Waals surface area contributed by atoms with Crippen LogP contribution in [0.15, 0.2) is 34.3 Å². The van der Waals surface area contributed by atoms with E-state index in [0.29, 0.717) is 16.0 Å². The summed E-state index contributed by atoms with van der Waals surface area (Å²) in [6.07, 6.45) is 3.43. The Morgan fingerprint density at radius 3 is 2.94 bits per heavy atom. The van der Waals surface area contributed by atoms with Crippen LogP contribution in [0, 0.1) is 0 Å². The molecular weight excluding hydrogens is 246 g/mol. The molecule has 2 aromatic rings. The van der Waals surface area contributed by atoms with Gasteiger partial charge in [-0.2, -0.15) is 0 Å². The second-order valence-electron chi connectivity index (χ2n) is 3.01. The summed E-state index contributed by atoms with van der Waals surface area (Å²) in [7, 11) is 0. The lowest BCUT2D eigenvalue weighted by Gasteiger charge is -2.02. The number of nitrogens with zero attached hydrogens (tertiary/aromatic N) is 2. The van der Waals surface area contributed by atoms with Gasteiger partial charge in [0.15, 0.2) is 5.16 Å². The Kier molecular flexibility index (Phi) is 3.26. The van der Waals surface area contributed by atoms with Crippen LogP contribution in [-0.2, 0) is 0 Å². The van der Waals surface area contributed by atoms with E-state index in [1.54, 1.807) is 18.3 Å². The molecule has 0 amide bonds. The number of pyridine rings is 1. The molecule has 0 bridgehead atoms. The summed E-state index contributed by atoms with van der Waals surface area (Å²) in [6, 6.07) is 4.87. The van der Waals surface area contributed by atoms with E-state index >= 15 is 0 Å². The van der Waals surface area contributed by atoms with Crippen molar-refractivity contribution in [1.29, 1.82) is 0 Å². The van der Waals surface area contributed by atoms with Gasteiger partial charge in [-0.15, -0.1) is 0 Å². The van der Waals surface area contributed by atoms with E-state index in [2.05, 4.69) is 15.0 Å². The lowest BCUT2D eigenvalue weighted by Crippen LogP contribution is -2.07. The zero-order valence-corrected chi connectivity index (χ0v) is 9.97. The van der Waals surface area contributed by atoms with Gasteiger partial charge in [0.1, 0.15) is 5.15 Å². The first kappa shape index (κ1) is 11.2. The second kappa shape index (κ2) is 4.67. The highest BCUT2D eigenvalue weighted by molar-refractivity contribution is 7.98. The van der Waals surface area contributed by atoms with Gasteiger partial charge in [-0.25, -0.2) is 9.97 Å². The van der Waals surface area contributed by atoms with Gasteiger partial charge in [-0.05, 0) is 18.4 Å². The second-order valence-corrected chi connectivity index (χ2v) is 4.19. The van der Waals surface area contributed by atoms with Gasteiger partial charge in [0.2, 0.25) is 0 Å². The van der Waals surface area contributed by atoms with Crippen LogP contribution in [-0.4, -0.2) is 21.2 Å². The molecule has 0 spiro atoms. The van der Waals surface area contributed by atoms with Gasteiger partial charge >= 0.3 is 0 Å². The third kappa shape index (κ3) is 2.43. The van der Waals surface area contributed by atoms with Crippen LogP contribution >= 0.6 is 23.4 Å². The van der Waals surface area contributed by atoms with Crippen LogP contribution in [0.5, 0.6) is 0 Å². The quantitative estimate of drug-likeness (QED) is 0.506. The van der Waals surface area contributed by atoms with Crippen LogP contribution in [0.4, 0.5) is 0 Å². The van der Waals surface area contributed by atoms with E-state index in [4.69, 9.17) is 11.6 Å². The number of aromatic nitrogens is 3. The Bertz CT molecular complexity index is 570. The number of halogens is 1. The standard InChI is InChI=1S/C10H8ClN3OS/c1-16-10-13-7(5-9(15)14-10)6-2-3-12-8(11)4-6/h2-5H,1H3,(H,13,14,15). The minimum absolute atomic E-state index is 0.178. The van der Waals surface area contributed by atoms with E-state index in [1.807, 2.05) is 6.26 Å². The number of thioether (sulfide) groups is 1. The molecule has 2 rings (SSSR count). The lowest BCUT2D eigenvalue weighted by atomic mass is 10.2. The molecule has 0 aliphatic heterocycles. The summed E-state index contributed by atoms with van der Waals surface area (Å²) in [6.45, 7) is 0. The molecule has 0 atom stereocenters. The fourth-order valence-corrected chi connectivity index (χ4v) is 1.81. The van der Waals surface area contributed by atoms with Gasteiger partial charge in [0.25, 0.3) is 5.56 Å². The third-order valence-corrected chi connectivity index (χ3v) is 2.72. The lowest BCUT2D eigenvalue weighted by molar-refractivity contribution is 0.945. The van der Waals surface area contributed by atoms with E-state index in [0.717, 1.165) is 5.56 Å². The maximum Gasteiger partial charge on any atom is 0.252 e. The molecule has 0 saturated heterocycles. The first-order chi connectivity index (χ1) is 7.69. The zero-order chi connectivity index (χ0) is 11.5. The van der Waals surface area contributed by atoms with Crippen LogP contribution in [0.2, 0.25) is 5.15 Å². The van der Waals surface area contributed by atoms with Crippen molar-refractivity contribution in [2.45, 2.75) is 5.16 Å². The number of H-pyrrole nitrogens is 1. The molecular formula is C10H8ClN3OS. The van der Waals surface area contributed by atoms with E-state index in [9.17, 15) is 4.79 Å². The molecule has 0 saturated carbocycles. The van der Waals surface area contributed by atoms with Gasteiger partial charge in [0, 0.05) is 17.8 Å². The third-order valence-electron chi connectivity index (χ3n) is 1.94. The van der Waals surface area contributed by atoms with Crippen molar-refractivity contribution < 1.29 is 0 Å². The number of hydrogen-bond acceptors (Lipinski definition) is 4. The predicted octanol–water partition coefficient (Wildman–Crippen LogP) is 2.21. The van der Waals surface area contributed by atoms with Crippen LogP contribution in [0.3, 0.4) is 0 Å². The summed E-state index contributed by atoms with van der Waals surface area (Å²) >= 11 is 7.16. The first-order valence-corrected chi connectivity index (χ1v) is 6.06. The number of nitrogens with one attached hydrogen (secondary N) is 1. The highest BCUT2D eigenvalue weighted by atomic mass is 35.5.